The highest BCUT2D eigenvalue weighted by molar-refractivity contribution is 7.99. The molecule has 0 spiro atoms. The van der Waals surface area contributed by atoms with Gasteiger partial charge in [0.15, 0.2) is 0 Å². The Bertz CT molecular complexity index is 833. The van der Waals surface area contributed by atoms with Crippen molar-refractivity contribution in [1.29, 1.82) is 0 Å². The Morgan fingerprint density at radius 1 is 1.38 bits per heavy atom. The summed E-state index contributed by atoms with van der Waals surface area (Å²) in [5.74, 6) is 10.6. The minimum absolute atomic E-state index is 0.0603. The maximum Gasteiger partial charge on any atom is 0.341 e. The molecule has 0 atom stereocenters. The first-order valence-corrected chi connectivity index (χ1v) is 9.76. The average Bonchev–Trinajstić information content (AvgIpc) is 3.27. The lowest BCUT2D eigenvalue weighted by atomic mass is 10.1. The maximum atomic E-state index is 12.3. The number of thiophene rings is 1. The number of nitrogens with two attached hydrogens (primary N) is 2. The molecule has 1 aliphatic carbocycles. The number of fused-ring (bicyclic) bond motifs is 1. The zero-order valence-corrected chi connectivity index (χ0v) is 15.7. The van der Waals surface area contributed by atoms with E-state index >= 15 is 0 Å². The van der Waals surface area contributed by atoms with E-state index in [4.69, 9.17) is 16.4 Å². The molecule has 6 N–H and O–H groups in total. The summed E-state index contributed by atoms with van der Waals surface area (Å²) in [5.41, 5.74) is 3.78. The van der Waals surface area contributed by atoms with E-state index < -0.39 is 5.97 Å². The van der Waals surface area contributed by atoms with Crippen LogP contribution in [0.5, 0.6) is 0 Å². The van der Waals surface area contributed by atoms with Crippen LogP contribution in [0.2, 0.25) is 0 Å². The standard InChI is InChI=1S/C14H19N7O3S2/c1-2-24-12(23)10-7-4-3-5-8(7)26-11(10)17-9(22)6-25-14-20-19-13(18-15)21(14)16/h2-6,15-16H2,1H3,(H,17,22)(H,18,19). The van der Waals surface area contributed by atoms with Crippen LogP contribution in [0, 0.1) is 0 Å². The summed E-state index contributed by atoms with van der Waals surface area (Å²) in [7, 11) is 0. The molecular formula is C14H19N7O3S2. The number of hydrazine groups is 1. The molecule has 1 amide bonds. The second-order valence-electron chi connectivity index (χ2n) is 5.44. The fourth-order valence-electron chi connectivity index (χ4n) is 2.68. The van der Waals surface area contributed by atoms with Crippen molar-refractivity contribution in [1.82, 2.24) is 14.9 Å². The molecule has 0 unspecified atom stereocenters. The van der Waals surface area contributed by atoms with Crippen molar-refractivity contribution in [2.75, 3.05) is 28.9 Å². The summed E-state index contributed by atoms with van der Waals surface area (Å²) >= 11 is 2.55. The monoisotopic (exact) mass is 397 g/mol. The van der Waals surface area contributed by atoms with Crippen LogP contribution in [-0.4, -0.2) is 39.1 Å². The Labute approximate surface area is 157 Å². The lowest BCUT2D eigenvalue weighted by molar-refractivity contribution is -0.113. The molecule has 0 fully saturated rings. The molecule has 2 aromatic rings. The number of carbonyl (C=O) groups excluding carboxylic acids is 2. The Balaban J connectivity index is 1.69. The summed E-state index contributed by atoms with van der Waals surface area (Å²) in [4.78, 5) is 25.8. The van der Waals surface area contributed by atoms with Crippen molar-refractivity contribution in [3.8, 4) is 0 Å². The van der Waals surface area contributed by atoms with Crippen LogP contribution in [0.1, 0.15) is 34.1 Å². The van der Waals surface area contributed by atoms with Crippen LogP contribution in [0.25, 0.3) is 0 Å². The number of hydrogen-bond donors (Lipinski definition) is 4. The summed E-state index contributed by atoms with van der Waals surface area (Å²) < 4.78 is 6.30. The Morgan fingerprint density at radius 2 is 2.19 bits per heavy atom. The first kappa shape index (κ1) is 18.5. The quantitative estimate of drug-likeness (QED) is 0.229. The summed E-state index contributed by atoms with van der Waals surface area (Å²) in [6, 6.07) is 0. The number of ether oxygens (including phenoxy) is 1. The number of anilines is 2. The third-order valence-corrected chi connectivity index (χ3v) is 5.93. The predicted octanol–water partition coefficient (Wildman–Crippen LogP) is 0.735. The van der Waals surface area contributed by atoms with Gasteiger partial charge in [-0.2, -0.15) is 0 Å². The molecule has 10 nitrogen and oxygen atoms in total. The second-order valence-corrected chi connectivity index (χ2v) is 7.49. The molecule has 0 aromatic carbocycles. The molecule has 26 heavy (non-hydrogen) atoms. The van der Waals surface area contributed by atoms with Crippen molar-refractivity contribution in [2.24, 2.45) is 5.84 Å². The number of carbonyl (C=O) groups is 2. The van der Waals surface area contributed by atoms with Crippen LogP contribution in [0.4, 0.5) is 10.9 Å². The SMILES string of the molecule is CCOC(=O)c1c(NC(=O)CSc2nnc(NN)n2N)sc2c1CCC2. The lowest BCUT2D eigenvalue weighted by Gasteiger charge is -2.08. The van der Waals surface area contributed by atoms with Gasteiger partial charge in [-0.05, 0) is 31.7 Å². The number of thioether (sulfide) groups is 1. The van der Waals surface area contributed by atoms with E-state index in [2.05, 4.69) is 20.9 Å². The Hall–Kier alpha value is -2.31. The molecule has 2 aromatic heterocycles. The first-order chi connectivity index (χ1) is 12.5. The summed E-state index contributed by atoms with van der Waals surface area (Å²) in [5, 5.41) is 11.2. The van der Waals surface area contributed by atoms with E-state index in [1.165, 1.54) is 11.3 Å². The van der Waals surface area contributed by atoms with E-state index in [-0.39, 0.29) is 24.2 Å². The van der Waals surface area contributed by atoms with Gasteiger partial charge in [-0.3, -0.25) is 10.2 Å². The maximum absolute atomic E-state index is 12.3. The molecule has 0 saturated carbocycles. The number of aromatic nitrogens is 3. The average molecular weight is 397 g/mol. The molecule has 0 radical (unpaired) electrons. The van der Waals surface area contributed by atoms with Crippen LogP contribution in [0.15, 0.2) is 5.16 Å². The van der Waals surface area contributed by atoms with Gasteiger partial charge in [-0.1, -0.05) is 11.8 Å². The third kappa shape index (κ3) is 3.61. The number of aryl methyl sites for hydroxylation is 1. The van der Waals surface area contributed by atoms with Gasteiger partial charge in [0.25, 0.3) is 5.95 Å². The minimum Gasteiger partial charge on any atom is -0.462 e. The molecular weight excluding hydrogens is 378 g/mol. The molecule has 1 aliphatic rings. The number of nitrogens with zero attached hydrogens (tertiary/aromatic N) is 3. The van der Waals surface area contributed by atoms with Crippen molar-refractivity contribution in [2.45, 2.75) is 31.3 Å². The van der Waals surface area contributed by atoms with Crippen molar-refractivity contribution in [3.63, 3.8) is 0 Å². The number of esters is 1. The smallest absolute Gasteiger partial charge is 0.341 e. The normalized spacial score (nSPS) is 12.7. The molecule has 2 heterocycles. The Kier molecular flexibility index (Phi) is 5.64. The molecule has 0 bridgehead atoms. The molecule has 3 rings (SSSR count). The molecule has 140 valence electrons. The topological polar surface area (TPSA) is 150 Å². The number of amides is 1. The second kappa shape index (κ2) is 7.93. The van der Waals surface area contributed by atoms with Gasteiger partial charge < -0.3 is 15.9 Å². The van der Waals surface area contributed by atoms with Gasteiger partial charge in [0, 0.05) is 4.88 Å². The fourth-order valence-corrected chi connectivity index (χ4v) is 4.63. The van der Waals surface area contributed by atoms with Crippen molar-refractivity contribution >= 4 is 45.9 Å². The molecule has 0 aliphatic heterocycles. The Morgan fingerprint density at radius 3 is 2.88 bits per heavy atom. The lowest BCUT2D eigenvalue weighted by Crippen LogP contribution is -2.20. The van der Waals surface area contributed by atoms with Gasteiger partial charge in [-0.25, -0.2) is 15.3 Å². The van der Waals surface area contributed by atoms with Crippen molar-refractivity contribution < 1.29 is 14.3 Å². The predicted molar refractivity (Wildman–Crippen MR) is 99.6 cm³/mol. The van der Waals surface area contributed by atoms with E-state index in [0.29, 0.717) is 15.7 Å². The van der Waals surface area contributed by atoms with Gasteiger partial charge in [-0.15, -0.1) is 21.5 Å². The highest BCUT2D eigenvalue weighted by Gasteiger charge is 2.28. The minimum atomic E-state index is -0.393. The van der Waals surface area contributed by atoms with Crippen LogP contribution < -0.4 is 22.4 Å². The number of rotatable bonds is 7. The molecule has 12 heteroatoms. The summed E-state index contributed by atoms with van der Waals surface area (Å²) in [6.07, 6.45) is 2.76. The van der Waals surface area contributed by atoms with Gasteiger partial charge in [0.2, 0.25) is 11.1 Å². The zero-order chi connectivity index (χ0) is 18.7. The highest BCUT2D eigenvalue weighted by Crippen LogP contribution is 2.39. The molecule has 0 saturated heterocycles. The van der Waals surface area contributed by atoms with E-state index in [1.54, 1.807) is 6.92 Å². The summed E-state index contributed by atoms with van der Waals surface area (Å²) in [6.45, 7) is 2.04. The van der Waals surface area contributed by atoms with Gasteiger partial charge in [0.05, 0.1) is 17.9 Å². The van der Waals surface area contributed by atoms with E-state index in [0.717, 1.165) is 46.1 Å². The van der Waals surface area contributed by atoms with Gasteiger partial charge in [0.1, 0.15) is 5.00 Å². The number of hydrogen-bond acceptors (Lipinski definition) is 10. The van der Waals surface area contributed by atoms with Crippen LogP contribution in [-0.2, 0) is 22.4 Å². The van der Waals surface area contributed by atoms with Gasteiger partial charge >= 0.3 is 5.97 Å². The third-order valence-electron chi connectivity index (χ3n) is 3.78. The van der Waals surface area contributed by atoms with Crippen LogP contribution >= 0.6 is 23.1 Å². The van der Waals surface area contributed by atoms with E-state index in [9.17, 15) is 9.59 Å². The number of nitrogens with one attached hydrogen (secondary N) is 2. The largest absolute Gasteiger partial charge is 0.462 e. The number of nitrogen functional groups attached to an aromatic ring is 2. The van der Waals surface area contributed by atoms with E-state index in [1.807, 2.05) is 0 Å². The zero-order valence-electron chi connectivity index (χ0n) is 14.1. The van der Waals surface area contributed by atoms with Crippen molar-refractivity contribution in [3.05, 3.63) is 16.0 Å². The van der Waals surface area contributed by atoms with Crippen LogP contribution in [0.3, 0.4) is 0 Å². The first-order valence-electron chi connectivity index (χ1n) is 7.96. The highest BCUT2D eigenvalue weighted by atomic mass is 32.2. The fraction of sp³-hybridized carbons (Fsp3) is 0.429.